The van der Waals surface area contributed by atoms with Crippen molar-refractivity contribution < 1.29 is 19.1 Å². The highest BCUT2D eigenvalue weighted by Crippen LogP contribution is 2.30. The Balaban J connectivity index is 2.00. The van der Waals surface area contributed by atoms with Gasteiger partial charge in [-0.25, -0.2) is 4.39 Å². The van der Waals surface area contributed by atoms with Gasteiger partial charge in [0.15, 0.2) is 0 Å². The van der Waals surface area contributed by atoms with E-state index in [0.29, 0.717) is 24.9 Å². The lowest BCUT2D eigenvalue weighted by Gasteiger charge is -2.25. The fourth-order valence-corrected chi connectivity index (χ4v) is 2.85. The van der Waals surface area contributed by atoms with Crippen LogP contribution in [0.15, 0.2) is 22.7 Å². The molecule has 1 amide bonds. The lowest BCUT2D eigenvalue weighted by Crippen LogP contribution is -2.30. The predicted octanol–water partition coefficient (Wildman–Crippen LogP) is 3.42. The largest absolute Gasteiger partial charge is 0.481 e. The first-order chi connectivity index (χ1) is 9.47. The van der Waals surface area contributed by atoms with Crippen LogP contribution in [0, 0.1) is 17.7 Å². The van der Waals surface area contributed by atoms with Crippen LogP contribution in [0.1, 0.15) is 25.7 Å². The highest BCUT2D eigenvalue weighted by atomic mass is 79.9. The van der Waals surface area contributed by atoms with E-state index in [1.807, 2.05) is 0 Å². The van der Waals surface area contributed by atoms with Gasteiger partial charge in [-0.3, -0.25) is 9.59 Å². The first-order valence-electron chi connectivity index (χ1n) is 6.46. The van der Waals surface area contributed by atoms with Crippen LogP contribution in [0.5, 0.6) is 0 Å². The van der Waals surface area contributed by atoms with Crippen LogP contribution in [0.25, 0.3) is 0 Å². The zero-order valence-electron chi connectivity index (χ0n) is 10.7. The van der Waals surface area contributed by atoms with Gasteiger partial charge in [0.25, 0.3) is 0 Å². The number of hydrogen-bond donors (Lipinski definition) is 2. The lowest BCUT2D eigenvalue weighted by atomic mass is 9.81. The minimum atomic E-state index is -0.841. The number of anilines is 1. The first kappa shape index (κ1) is 15.0. The molecule has 0 aromatic heterocycles. The SMILES string of the molecule is O=C(O)C1CCCC(C(=O)Nc2ccc(F)c(Br)c2)C1. The summed E-state index contributed by atoms with van der Waals surface area (Å²) >= 11 is 3.06. The molecule has 4 nitrogen and oxygen atoms in total. The van der Waals surface area contributed by atoms with Crippen LogP contribution in [0.2, 0.25) is 0 Å². The molecule has 2 rings (SSSR count). The third-order valence-electron chi connectivity index (χ3n) is 3.58. The first-order valence-corrected chi connectivity index (χ1v) is 7.25. The number of amides is 1. The van der Waals surface area contributed by atoms with E-state index in [1.54, 1.807) is 0 Å². The summed E-state index contributed by atoms with van der Waals surface area (Å²) < 4.78 is 13.4. The topological polar surface area (TPSA) is 66.4 Å². The summed E-state index contributed by atoms with van der Waals surface area (Å²) in [6.45, 7) is 0. The average Bonchev–Trinajstić information content (AvgIpc) is 2.43. The molecule has 2 N–H and O–H groups in total. The maximum Gasteiger partial charge on any atom is 0.306 e. The monoisotopic (exact) mass is 343 g/mol. The summed E-state index contributed by atoms with van der Waals surface area (Å²) in [5.74, 6) is -2.18. The summed E-state index contributed by atoms with van der Waals surface area (Å²) in [4.78, 5) is 23.1. The summed E-state index contributed by atoms with van der Waals surface area (Å²) in [5.41, 5.74) is 0.501. The fraction of sp³-hybridized carbons (Fsp3) is 0.429. The molecule has 2 unspecified atom stereocenters. The number of nitrogens with one attached hydrogen (secondary N) is 1. The van der Waals surface area contributed by atoms with Gasteiger partial charge in [0.2, 0.25) is 5.91 Å². The number of rotatable bonds is 3. The Morgan fingerprint density at radius 1 is 1.30 bits per heavy atom. The molecule has 0 bridgehead atoms. The molecule has 0 saturated heterocycles. The van der Waals surface area contributed by atoms with E-state index >= 15 is 0 Å². The number of hydrogen-bond acceptors (Lipinski definition) is 2. The Kier molecular flexibility index (Phi) is 4.75. The van der Waals surface area contributed by atoms with Crippen molar-refractivity contribution in [3.63, 3.8) is 0 Å². The summed E-state index contributed by atoms with van der Waals surface area (Å²) in [5, 5.41) is 11.7. The molecular weight excluding hydrogens is 329 g/mol. The molecule has 0 spiro atoms. The van der Waals surface area contributed by atoms with Crippen molar-refractivity contribution in [2.75, 3.05) is 5.32 Å². The number of halogens is 2. The van der Waals surface area contributed by atoms with E-state index in [-0.39, 0.29) is 16.3 Å². The van der Waals surface area contributed by atoms with Gasteiger partial charge in [0.1, 0.15) is 5.82 Å². The number of carbonyl (C=O) groups is 2. The van der Waals surface area contributed by atoms with Gasteiger partial charge in [-0.15, -0.1) is 0 Å². The van der Waals surface area contributed by atoms with Crippen molar-refractivity contribution in [3.8, 4) is 0 Å². The highest BCUT2D eigenvalue weighted by Gasteiger charge is 2.31. The van der Waals surface area contributed by atoms with E-state index in [9.17, 15) is 14.0 Å². The minimum absolute atomic E-state index is 0.200. The average molecular weight is 344 g/mol. The Morgan fingerprint density at radius 3 is 2.65 bits per heavy atom. The van der Waals surface area contributed by atoms with Crippen molar-refractivity contribution >= 4 is 33.5 Å². The minimum Gasteiger partial charge on any atom is -0.481 e. The summed E-state index contributed by atoms with van der Waals surface area (Å²) in [6, 6.07) is 4.24. The Morgan fingerprint density at radius 2 is 2.00 bits per heavy atom. The molecule has 1 aromatic rings. The number of carboxylic acid groups (broad SMARTS) is 1. The van der Waals surface area contributed by atoms with Gasteiger partial charge in [-0.1, -0.05) is 6.42 Å². The van der Waals surface area contributed by atoms with Crippen molar-refractivity contribution in [3.05, 3.63) is 28.5 Å². The second kappa shape index (κ2) is 6.35. The van der Waals surface area contributed by atoms with Crippen molar-refractivity contribution in [1.82, 2.24) is 0 Å². The Bertz CT molecular complexity index is 535. The van der Waals surface area contributed by atoms with Gasteiger partial charge in [0.05, 0.1) is 10.4 Å². The molecule has 1 saturated carbocycles. The van der Waals surface area contributed by atoms with Gasteiger partial charge >= 0.3 is 5.97 Å². The van der Waals surface area contributed by atoms with Crippen LogP contribution < -0.4 is 5.32 Å². The zero-order valence-corrected chi connectivity index (χ0v) is 12.3. The van der Waals surface area contributed by atoms with E-state index < -0.39 is 17.7 Å². The zero-order chi connectivity index (χ0) is 14.7. The second-order valence-corrected chi connectivity index (χ2v) is 5.87. The molecule has 0 radical (unpaired) electrons. The van der Waals surface area contributed by atoms with Crippen LogP contribution in [-0.4, -0.2) is 17.0 Å². The fourth-order valence-electron chi connectivity index (χ4n) is 2.47. The van der Waals surface area contributed by atoms with E-state index in [0.717, 1.165) is 6.42 Å². The quantitative estimate of drug-likeness (QED) is 0.883. The van der Waals surface area contributed by atoms with E-state index in [4.69, 9.17) is 5.11 Å². The van der Waals surface area contributed by atoms with Gasteiger partial charge in [-0.05, 0) is 53.4 Å². The third-order valence-corrected chi connectivity index (χ3v) is 4.19. The summed E-state index contributed by atoms with van der Waals surface area (Å²) in [7, 11) is 0. The molecule has 1 fully saturated rings. The highest BCUT2D eigenvalue weighted by molar-refractivity contribution is 9.10. The smallest absolute Gasteiger partial charge is 0.306 e. The molecule has 1 aliphatic rings. The molecule has 1 aromatic carbocycles. The van der Waals surface area contributed by atoms with Gasteiger partial charge in [0, 0.05) is 11.6 Å². The molecule has 2 atom stereocenters. The number of benzene rings is 1. The lowest BCUT2D eigenvalue weighted by molar-refractivity contribution is -0.143. The van der Waals surface area contributed by atoms with E-state index in [1.165, 1.54) is 18.2 Å². The normalized spacial score (nSPS) is 22.3. The predicted molar refractivity (Wildman–Crippen MR) is 75.8 cm³/mol. The molecule has 0 aliphatic heterocycles. The van der Waals surface area contributed by atoms with Crippen LogP contribution >= 0.6 is 15.9 Å². The van der Waals surface area contributed by atoms with Gasteiger partial charge < -0.3 is 10.4 Å². The van der Waals surface area contributed by atoms with Gasteiger partial charge in [-0.2, -0.15) is 0 Å². The Labute approximate surface area is 124 Å². The molecule has 20 heavy (non-hydrogen) atoms. The van der Waals surface area contributed by atoms with Crippen molar-refractivity contribution in [2.45, 2.75) is 25.7 Å². The molecule has 108 valence electrons. The number of carbonyl (C=O) groups excluding carboxylic acids is 1. The Hall–Kier alpha value is -1.43. The third kappa shape index (κ3) is 3.56. The maximum atomic E-state index is 13.1. The molecule has 1 aliphatic carbocycles. The van der Waals surface area contributed by atoms with E-state index in [2.05, 4.69) is 21.2 Å². The van der Waals surface area contributed by atoms with Crippen LogP contribution in [0.4, 0.5) is 10.1 Å². The number of carboxylic acids is 1. The van der Waals surface area contributed by atoms with Crippen molar-refractivity contribution in [2.24, 2.45) is 11.8 Å². The molecule has 6 heteroatoms. The maximum absolute atomic E-state index is 13.1. The summed E-state index contributed by atoms with van der Waals surface area (Å²) in [6.07, 6.45) is 2.42. The van der Waals surface area contributed by atoms with Crippen molar-refractivity contribution in [1.29, 1.82) is 0 Å². The van der Waals surface area contributed by atoms with Crippen LogP contribution in [0.3, 0.4) is 0 Å². The standard InChI is InChI=1S/C14H15BrFNO3/c15-11-7-10(4-5-12(11)16)17-13(18)8-2-1-3-9(6-8)14(19)20/h4-5,7-9H,1-3,6H2,(H,17,18)(H,19,20). The molecule has 0 heterocycles. The second-order valence-electron chi connectivity index (χ2n) is 5.02. The van der Waals surface area contributed by atoms with Crippen LogP contribution in [-0.2, 0) is 9.59 Å². The number of aliphatic carboxylic acids is 1. The molecular formula is C14H15BrFNO3.